The minimum atomic E-state index is 0.316. The average Bonchev–Trinajstić information content (AvgIpc) is 3.20. The van der Waals surface area contributed by atoms with Crippen LogP contribution in [0.3, 0.4) is 0 Å². The quantitative estimate of drug-likeness (QED) is 0.650. The number of hydrogen-bond donors (Lipinski definition) is 0. The third kappa shape index (κ3) is 1.62. The van der Waals surface area contributed by atoms with Gasteiger partial charge in [0.05, 0.1) is 7.11 Å². The van der Waals surface area contributed by atoms with Gasteiger partial charge in [-0.05, 0) is 55.2 Å². The van der Waals surface area contributed by atoms with E-state index in [0.717, 1.165) is 5.75 Å². The van der Waals surface area contributed by atoms with Gasteiger partial charge in [0.15, 0.2) is 0 Å². The molecule has 0 bridgehead atoms. The first kappa shape index (κ1) is 12.3. The molecule has 0 unspecified atom stereocenters. The second-order valence-electron chi connectivity index (χ2n) is 6.87. The predicted octanol–water partition coefficient (Wildman–Crippen LogP) is 5.00. The van der Waals surface area contributed by atoms with E-state index in [1.807, 2.05) is 0 Å². The Morgan fingerprint density at radius 1 is 1.20 bits per heavy atom. The highest BCUT2D eigenvalue weighted by atomic mass is 16.5. The summed E-state index contributed by atoms with van der Waals surface area (Å²) in [6, 6.07) is 4.54. The van der Waals surface area contributed by atoms with E-state index in [4.69, 9.17) is 4.74 Å². The van der Waals surface area contributed by atoms with Crippen LogP contribution in [0, 0.1) is 12.3 Å². The fraction of sp³-hybridized carbons (Fsp3) is 0.474. The molecule has 1 aromatic rings. The first-order valence-corrected chi connectivity index (χ1v) is 7.71. The monoisotopic (exact) mass is 266 g/mol. The molecule has 104 valence electrons. The Bertz CT molecular complexity index is 644. The van der Waals surface area contributed by atoms with Crippen LogP contribution in [0.25, 0.3) is 6.08 Å². The number of allylic oxidation sites excluding steroid dienone is 3. The van der Waals surface area contributed by atoms with E-state index in [-0.39, 0.29) is 0 Å². The molecule has 2 saturated carbocycles. The largest absolute Gasteiger partial charge is 0.496 e. The summed E-state index contributed by atoms with van der Waals surface area (Å²) in [5.74, 6) is 1.62. The number of hydrogen-bond acceptors (Lipinski definition) is 1. The molecule has 3 aliphatic carbocycles. The first-order valence-electron chi connectivity index (χ1n) is 7.71. The van der Waals surface area contributed by atoms with Crippen molar-refractivity contribution in [2.75, 3.05) is 7.11 Å². The SMILES string of the molecule is COc1cc(C)cc2c1C=C[C@]1(C)CCC(=C3CC3)[C@H]21. The molecule has 1 heteroatoms. The molecule has 0 aromatic heterocycles. The maximum atomic E-state index is 5.62. The van der Waals surface area contributed by atoms with E-state index in [2.05, 4.69) is 38.1 Å². The van der Waals surface area contributed by atoms with Crippen LogP contribution < -0.4 is 4.74 Å². The molecule has 0 saturated heterocycles. The van der Waals surface area contributed by atoms with Crippen LogP contribution in [0.5, 0.6) is 5.75 Å². The molecule has 2 atom stereocenters. The number of fused-ring (bicyclic) bond motifs is 3. The van der Waals surface area contributed by atoms with Crippen molar-refractivity contribution in [2.45, 2.75) is 45.4 Å². The average molecular weight is 266 g/mol. The smallest absolute Gasteiger partial charge is 0.126 e. The Kier molecular flexibility index (Phi) is 2.45. The van der Waals surface area contributed by atoms with E-state index in [1.54, 1.807) is 18.3 Å². The Labute approximate surface area is 121 Å². The van der Waals surface area contributed by atoms with Crippen molar-refractivity contribution >= 4 is 6.08 Å². The second kappa shape index (κ2) is 4.00. The Balaban J connectivity index is 1.96. The van der Waals surface area contributed by atoms with Gasteiger partial charge in [0.2, 0.25) is 0 Å². The highest BCUT2D eigenvalue weighted by Gasteiger charge is 2.46. The Morgan fingerprint density at radius 3 is 2.70 bits per heavy atom. The van der Waals surface area contributed by atoms with Crippen LogP contribution >= 0.6 is 0 Å². The summed E-state index contributed by atoms with van der Waals surface area (Å²) in [6.45, 7) is 4.61. The van der Waals surface area contributed by atoms with Gasteiger partial charge in [0.1, 0.15) is 5.75 Å². The maximum Gasteiger partial charge on any atom is 0.126 e. The topological polar surface area (TPSA) is 9.23 Å². The van der Waals surface area contributed by atoms with Crippen LogP contribution in [0.2, 0.25) is 0 Å². The fourth-order valence-corrected chi connectivity index (χ4v) is 4.23. The van der Waals surface area contributed by atoms with Crippen LogP contribution in [-0.2, 0) is 0 Å². The molecular formula is C19H22O. The molecule has 3 aliphatic rings. The minimum Gasteiger partial charge on any atom is -0.496 e. The zero-order valence-corrected chi connectivity index (χ0v) is 12.6. The van der Waals surface area contributed by atoms with Crippen molar-refractivity contribution in [1.29, 1.82) is 0 Å². The highest BCUT2D eigenvalue weighted by molar-refractivity contribution is 5.69. The van der Waals surface area contributed by atoms with E-state index >= 15 is 0 Å². The molecule has 0 N–H and O–H groups in total. The van der Waals surface area contributed by atoms with Crippen molar-refractivity contribution in [3.8, 4) is 5.75 Å². The van der Waals surface area contributed by atoms with Crippen LogP contribution in [0.1, 0.15) is 55.2 Å². The summed E-state index contributed by atoms with van der Waals surface area (Å²) in [4.78, 5) is 0. The lowest BCUT2D eigenvalue weighted by atomic mass is 9.69. The van der Waals surface area contributed by atoms with Gasteiger partial charge in [-0.2, -0.15) is 0 Å². The molecule has 0 amide bonds. The summed E-state index contributed by atoms with van der Waals surface area (Å²) < 4.78 is 5.62. The molecule has 0 aliphatic heterocycles. The maximum absolute atomic E-state index is 5.62. The van der Waals surface area contributed by atoms with Crippen molar-refractivity contribution < 1.29 is 4.74 Å². The zero-order chi connectivity index (χ0) is 13.9. The molecule has 20 heavy (non-hydrogen) atoms. The minimum absolute atomic E-state index is 0.316. The van der Waals surface area contributed by atoms with Crippen molar-refractivity contribution in [3.05, 3.63) is 46.0 Å². The standard InChI is InChI=1S/C19H22O/c1-12-10-16-15(17(11-12)20-3)7-9-19(2)8-6-14(18(16)19)13-4-5-13/h7,9-11,18H,4-6,8H2,1-3H3/t18-,19+/m1/s1. The van der Waals surface area contributed by atoms with Crippen LogP contribution in [0.4, 0.5) is 0 Å². The number of aryl methyl sites for hydroxylation is 1. The van der Waals surface area contributed by atoms with E-state index < -0.39 is 0 Å². The lowest BCUT2D eigenvalue weighted by Crippen LogP contribution is -2.22. The number of methoxy groups -OCH3 is 1. The fourth-order valence-electron chi connectivity index (χ4n) is 4.23. The lowest BCUT2D eigenvalue weighted by Gasteiger charge is -2.35. The van der Waals surface area contributed by atoms with Gasteiger partial charge < -0.3 is 4.74 Å². The third-order valence-electron chi connectivity index (χ3n) is 5.38. The first-order chi connectivity index (χ1) is 9.62. The van der Waals surface area contributed by atoms with Gasteiger partial charge in [-0.1, -0.05) is 36.3 Å². The van der Waals surface area contributed by atoms with Gasteiger partial charge in [0, 0.05) is 11.5 Å². The Hall–Kier alpha value is -1.50. The van der Waals surface area contributed by atoms with Crippen molar-refractivity contribution in [2.24, 2.45) is 5.41 Å². The van der Waals surface area contributed by atoms with E-state index in [1.165, 1.54) is 42.4 Å². The molecule has 4 rings (SSSR count). The van der Waals surface area contributed by atoms with Crippen LogP contribution in [0.15, 0.2) is 29.4 Å². The zero-order valence-electron chi connectivity index (χ0n) is 12.6. The van der Waals surface area contributed by atoms with Gasteiger partial charge in [-0.25, -0.2) is 0 Å². The van der Waals surface area contributed by atoms with Crippen LogP contribution in [-0.4, -0.2) is 7.11 Å². The van der Waals surface area contributed by atoms with Crippen molar-refractivity contribution in [3.63, 3.8) is 0 Å². The van der Waals surface area contributed by atoms with Crippen molar-refractivity contribution in [1.82, 2.24) is 0 Å². The van der Waals surface area contributed by atoms with E-state index in [0.29, 0.717) is 11.3 Å². The summed E-state index contributed by atoms with van der Waals surface area (Å²) in [7, 11) is 1.78. The van der Waals surface area contributed by atoms with Gasteiger partial charge in [0.25, 0.3) is 0 Å². The lowest BCUT2D eigenvalue weighted by molar-refractivity contribution is 0.390. The normalized spacial score (nSPS) is 30.2. The molecule has 1 nitrogen and oxygen atoms in total. The summed E-state index contributed by atoms with van der Waals surface area (Å²) in [6.07, 6.45) is 9.99. The number of ether oxygens (including phenoxy) is 1. The number of benzene rings is 1. The molecule has 2 fully saturated rings. The molecule has 1 aromatic carbocycles. The van der Waals surface area contributed by atoms with E-state index in [9.17, 15) is 0 Å². The molecule has 0 heterocycles. The van der Waals surface area contributed by atoms with Gasteiger partial charge in [-0.15, -0.1) is 0 Å². The molecule has 0 radical (unpaired) electrons. The summed E-state index contributed by atoms with van der Waals surface area (Å²) in [5.41, 5.74) is 7.91. The molecule has 0 spiro atoms. The number of rotatable bonds is 1. The summed E-state index contributed by atoms with van der Waals surface area (Å²) in [5, 5.41) is 0. The third-order valence-corrected chi connectivity index (χ3v) is 5.38. The Morgan fingerprint density at radius 2 is 2.00 bits per heavy atom. The summed E-state index contributed by atoms with van der Waals surface area (Å²) >= 11 is 0. The van der Waals surface area contributed by atoms with Gasteiger partial charge >= 0.3 is 0 Å². The highest BCUT2D eigenvalue weighted by Crippen LogP contribution is 2.60. The molecular weight excluding hydrogens is 244 g/mol. The second-order valence-corrected chi connectivity index (χ2v) is 6.87. The predicted molar refractivity (Wildman–Crippen MR) is 83.1 cm³/mol. The van der Waals surface area contributed by atoms with Gasteiger partial charge in [-0.3, -0.25) is 0 Å².